The molecule has 0 saturated carbocycles. The van der Waals surface area contributed by atoms with Crippen molar-refractivity contribution in [3.05, 3.63) is 65.7 Å². The van der Waals surface area contributed by atoms with Gasteiger partial charge in [0.2, 0.25) is 0 Å². The fourth-order valence-electron chi connectivity index (χ4n) is 3.21. The van der Waals surface area contributed by atoms with Crippen molar-refractivity contribution in [3.63, 3.8) is 0 Å². The highest BCUT2D eigenvalue weighted by molar-refractivity contribution is 7.80. The molecule has 5 heteroatoms. The summed E-state index contributed by atoms with van der Waals surface area (Å²) in [6, 6.07) is 18.8. The molecule has 0 spiro atoms. The largest absolute Gasteiger partial charge is 0.497 e. The van der Waals surface area contributed by atoms with Crippen molar-refractivity contribution in [3.8, 4) is 5.75 Å². The fourth-order valence-corrected chi connectivity index (χ4v) is 3.49. The predicted octanol–water partition coefficient (Wildman–Crippen LogP) is 2.93. The highest BCUT2D eigenvalue weighted by Crippen LogP contribution is 2.15. The maximum atomic E-state index is 5.57. The van der Waals surface area contributed by atoms with Crippen LogP contribution in [0.4, 0.5) is 0 Å². The Kier molecular flexibility index (Phi) is 6.86. The zero-order chi connectivity index (χ0) is 18.2. The Bertz CT molecular complexity index is 699. The first kappa shape index (κ1) is 18.7. The Morgan fingerprint density at radius 1 is 1.00 bits per heavy atom. The summed E-state index contributed by atoms with van der Waals surface area (Å²) in [6.45, 7) is 5.84. The Labute approximate surface area is 161 Å². The molecule has 1 N–H and O–H groups in total. The molecule has 0 aliphatic carbocycles. The molecule has 3 rings (SSSR count). The van der Waals surface area contributed by atoms with Gasteiger partial charge in [0.05, 0.1) is 7.11 Å². The second-order valence-corrected chi connectivity index (χ2v) is 6.97. The second kappa shape index (κ2) is 9.55. The molecule has 0 bridgehead atoms. The molecule has 0 aromatic heterocycles. The normalized spacial score (nSPS) is 14.9. The van der Waals surface area contributed by atoms with Gasteiger partial charge in [-0.05, 0) is 41.9 Å². The number of rotatable bonds is 6. The van der Waals surface area contributed by atoms with Crippen LogP contribution < -0.4 is 10.1 Å². The van der Waals surface area contributed by atoms with E-state index in [0.29, 0.717) is 0 Å². The monoisotopic (exact) mass is 369 g/mol. The van der Waals surface area contributed by atoms with Crippen molar-refractivity contribution < 1.29 is 4.74 Å². The van der Waals surface area contributed by atoms with Crippen LogP contribution in [0.25, 0.3) is 0 Å². The number of hydrogen-bond donors (Lipinski definition) is 1. The molecule has 1 heterocycles. The standard InChI is InChI=1S/C21H27N3OS/c1-25-20-9-5-8-19(16-20)17-23-12-14-24(15-13-23)21(26)22-11-10-18-6-3-2-4-7-18/h2-9,16H,10-15,17H2,1H3,(H,22,26). The average Bonchev–Trinajstić information content (AvgIpc) is 2.69. The molecule has 0 amide bonds. The Morgan fingerprint density at radius 3 is 2.46 bits per heavy atom. The third-order valence-electron chi connectivity index (χ3n) is 4.73. The third kappa shape index (κ3) is 5.44. The van der Waals surface area contributed by atoms with Crippen LogP contribution in [0.3, 0.4) is 0 Å². The molecule has 1 saturated heterocycles. The van der Waals surface area contributed by atoms with Crippen molar-refractivity contribution in [1.82, 2.24) is 15.1 Å². The Morgan fingerprint density at radius 2 is 1.73 bits per heavy atom. The summed E-state index contributed by atoms with van der Waals surface area (Å²) in [5.41, 5.74) is 2.63. The summed E-state index contributed by atoms with van der Waals surface area (Å²) in [5, 5.41) is 4.28. The zero-order valence-electron chi connectivity index (χ0n) is 15.4. The van der Waals surface area contributed by atoms with Crippen LogP contribution in [0.1, 0.15) is 11.1 Å². The van der Waals surface area contributed by atoms with Gasteiger partial charge >= 0.3 is 0 Å². The van der Waals surface area contributed by atoms with Gasteiger partial charge in [0.15, 0.2) is 5.11 Å². The van der Waals surface area contributed by atoms with Gasteiger partial charge in [0.1, 0.15) is 5.75 Å². The highest BCUT2D eigenvalue weighted by atomic mass is 32.1. The third-order valence-corrected chi connectivity index (χ3v) is 5.14. The van der Waals surface area contributed by atoms with Gasteiger partial charge in [-0.3, -0.25) is 4.90 Å². The van der Waals surface area contributed by atoms with E-state index in [9.17, 15) is 0 Å². The van der Waals surface area contributed by atoms with Crippen LogP contribution in [-0.4, -0.2) is 54.7 Å². The average molecular weight is 370 g/mol. The molecule has 0 unspecified atom stereocenters. The van der Waals surface area contributed by atoms with Crippen molar-refractivity contribution >= 4 is 17.3 Å². The van der Waals surface area contributed by atoms with Crippen molar-refractivity contribution in [2.75, 3.05) is 39.8 Å². The van der Waals surface area contributed by atoms with E-state index in [1.807, 2.05) is 12.1 Å². The van der Waals surface area contributed by atoms with Crippen LogP contribution in [0.15, 0.2) is 54.6 Å². The Balaban J connectivity index is 1.39. The lowest BCUT2D eigenvalue weighted by Gasteiger charge is -2.36. The SMILES string of the molecule is COc1cccc(CN2CCN(C(=S)NCCc3ccccc3)CC2)c1. The van der Waals surface area contributed by atoms with Crippen molar-refractivity contribution in [2.45, 2.75) is 13.0 Å². The van der Waals surface area contributed by atoms with Gasteiger partial charge in [0.25, 0.3) is 0 Å². The molecular weight excluding hydrogens is 342 g/mol. The van der Waals surface area contributed by atoms with Crippen molar-refractivity contribution in [1.29, 1.82) is 0 Å². The molecule has 1 aliphatic heterocycles. The summed E-state index contributed by atoms with van der Waals surface area (Å²) in [5.74, 6) is 0.921. The van der Waals surface area contributed by atoms with Crippen LogP contribution in [0.5, 0.6) is 5.75 Å². The van der Waals surface area contributed by atoms with E-state index in [4.69, 9.17) is 17.0 Å². The topological polar surface area (TPSA) is 27.7 Å². The number of ether oxygens (including phenoxy) is 1. The van der Waals surface area contributed by atoms with E-state index in [-0.39, 0.29) is 0 Å². The zero-order valence-corrected chi connectivity index (χ0v) is 16.2. The molecular formula is C21H27N3OS. The molecule has 2 aromatic rings. The van der Waals surface area contributed by atoms with E-state index in [1.165, 1.54) is 11.1 Å². The van der Waals surface area contributed by atoms with E-state index < -0.39 is 0 Å². The van der Waals surface area contributed by atoms with Gasteiger partial charge in [0, 0.05) is 39.3 Å². The van der Waals surface area contributed by atoms with Gasteiger partial charge < -0.3 is 15.0 Å². The van der Waals surface area contributed by atoms with Gasteiger partial charge in [-0.2, -0.15) is 0 Å². The lowest BCUT2D eigenvalue weighted by Crippen LogP contribution is -2.51. The molecule has 0 radical (unpaired) electrons. The van der Waals surface area contributed by atoms with Gasteiger partial charge in [-0.1, -0.05) is 42.5 Å². The maximum absolute atomic E-state index is 5.57. The molecule has 1 aliphatic rings. The number of nitrogens with zero attached hydrogens (tertiary/aromatic N) is 2. The quantitative estimate of drug-likeness (QED) is 0.791. The molecule has 4 nitrogen and oxygen atoms in total. The van der Waals surface area contributed by atoms with E-state index in [1.54, 1.807) is 7.11 Å². The Hall–Kier alpha value is -2.11. The summed E-state index contributed by atoms with van der Waals surface area (Å²) >= 11 is 5.57. The minimum absolute atomic E-state index is 0.877. The minimum atomic E-state index is 0.877. The van der Waals surface area contributed by atoms with E-state index >= 15 is 0 Å². The lowest BCUT2D eigenvalue weighted by molar-refractivity contribution is 0.174. The maximum Gasteiger partial charge on any atom is 0.169 e. The second-order valence-electron chi connectivity index (χ2n) is 6.58. The smallest absolute Gasteiger partial charge is 0.169 e. The number of benzene rings is 2. The summed E-state index contributed by atoms with van der Waals surface area (Å²) in [7, 11) is 1.71. The molecule has 1 fully saturated rings. The lowest BCUT2D eigenvalue weighted by atomic mass is 10.1. The minimum Gasteiger partial charge on any atom is -0.497 e. The van der Waals surface area contributed by atoms with Crippen LogP contribution in [0.2, 0.25) is 0 Å². The molecule has 0 atom stereocenters. The predicted molar refractivity (Wildman–Crippen MR) is 111 cm³/mol. The molecule has 2 aromatic carbocycles. The first-order valence-corrected chi connectivity index (χ1v) is 9.57. The van der Waals surface area contributed by atoms with Crippen LogP contribution in [0, 0.1) is 0 Å². The molecule has 138 valence electrons. The summed E-state index contributed by atoms with van der Waals surface area (Å²) in [6.07, 6.45) is 0.997. The summed E-state index contributed by atoms with van der Waals surface area (Å²) < 4.78 is 5.31. The fraction of sp³-hybridized carbons (Fsp3) is 0.381. The van der Waals surface area contributed by atoms with Crippen LogP contribution >= 0.6 is 12.2 Å². The number of hydrogen-bond acceptors (Lipinski definition) is 3. The summed E-state index contributed by atoms with van der Waals surface area (Å²) in [4.78, 5) is 4.75. The number of nitrogens with one attached hydrogen (secondary N) is 1. The first-order chi connectivity index (χ1) is 12.7. The first-order valence-electron chi connectivity index (χ1n) is 9.16. The number of thiocarbonyl (C=S) groups is 1. The van der Waals surface area contributed by atoms with Crippen molar-refractivity contribution in [2.24, 2.45) is 0 Å². The number of methoxy groups -OCH3 is 1. The van der Waals surface area contributed by atoms with E-state index in [2.05, 4.69) is 57.6 Å². The van der Waals surface area contributed by atoms with Gasteiger partial charge in [-0.25, -0.2) is 0 Å². The van der Waals surface area contributed by atoms with Gasteiger partial charge in [-0.15, -0.1) is 0 Å². The highest BCUT2D eigenvalue weighted by Gasteiger charge is 2.18. The number of piperazine rings is 1. The molecule has 26 heavy (non-hydrogen) atoms. The van der Waals surface area contributed by atoms with Crippen LogP contribution in [-0.2, 0) is 13.0 Å². The van der Waals surface area contributed by atoms with E-state index in [0.717, 1.165) is 56.6 Å².